The first-order chi connectivity index (χ1) is 10.4. The van der Waals surface area contributed by atoms with E-state index in [0.29, 0.717) is 17.9 Å². The number of ether oxygens (including phenoxy) is 1. The maximum Gasteiger partial charge on any atom is 0.319 e. The molecule has 1 fully saturated rings. The fourth-order valence-electron chi connectivity index (χ4n) is 3.69. The van der Waals surface area contributed by atoms with Crippen LogP contribution >= 0.6 is 11.6 Å². The number of Topliss-reactive ketones (excluding diaryl/α,β-unsaturated/α-hetero) is 1. The van der Waals surface area contributed by atoms with E-state index in [1.54, 1.807) is 12.1 Å². The quantitative estimate of drug-likeness (QED) is 0.602. The Hall–Kier alpha value is -1.35. The molecule has 1 aliphatic carbocycles. The first-order valence-corrected chi connectivity index (χ1v) is 8.19. The molecule has 1 aliphatic rings. The Kier molecular flexibility index (Phi) is 4.96. The van der Waals surface area contributed by atoms with Crippen molar-refractivity contribution in [1.82, 2.24) is 0 Å². The van der Waals surface area contributed by atoms with E-state index in [2.05, 4.69) is 0 Å². The Bertz CT molecular complexity index is 560. The summed E-state index contributed by atoms with van der Waals surface area (Å²) in [6, 6.07) is 7.32. The fraction of sp³-hybridized carbons (Fsp3) is 0.556. The number of ketones is 1. The second-order valence-electron chi connectivity index (χ2n) is 6.19. The van der Waals surface area contributed by atoms with Crippen LogP contribution in [0.3, 0.4) is 0 Å². The molecule has 22 heavy (non-hydrogen) atoms. The van der Waals surface area contributed by atoms with Gasteiger partial charge < -0.3 is 4.74 Å². The maximum absolute atomic E-state index is 13.2. The molecule has 0 aromatic heterocycles. The number of rotatable bonds is 5. The van der Waals surface area contributed by atoms with Gasteiger partial charge in [-0.2, -0.15) is 0 Å². The zero-order valence-corrected chi connectivity index (χ0v) is 14.2. The second kappa shape index (κ2) is 6.41. The summed E-state index contributed by atoms with van der Waals surface area (Å²) in [5.41, 5.74) is -0.499. The predicted octanol–water partition coefficient (Wildman–Crippen LogP) is 4.21. The zero-order valence-electron chi connectivity index (χ0n) is 13.4. The minimum atomic E-state index is -1.05. The van der Waals surface area contributed by atoms with Gasteiger partial charge >= 0.3 is 5.97 Å². The Balaban J connectivity index is 2.40. The van der Waals surface area contributed by atoms with Crippen molar-refractivity contribution < 1.29 is 14.3 Å². The number of halogens is 1. The molecule has 0 N–H and O–H groups in total. The minimum absolute atomic E-state index is 0.0480. The number of esters is 1. The Morgan fingerprint density at radius 3 is 2.23 bits per heavy atom. The molecular formula is C18H23ClO3. The highest BCUT2D eigenvalue weighted by atomic mass is 35.5. The highest BCUT2D eigenvalue weighted by molar-refractivity contribution is 6.30. The average Bonchev–Trinajstić information content (AvgIpc) is 2.83. The number of hydrogen-bond donors (Lipinski definition) is 0. The van der Waals surface area contributed by atoms with Crippen molar-refractivity contribution in [3.05, 3.63) is 34.9 Å². The van der Waals surface area contributed by atoms with Gasteiger partial charge in [-0.1, -0.05) is 37.6 Å². The summed E-state index contributed by atoms with van der Waals surface area (Å²) < 4.78 is 5.00. The third-order valence-corrected chi connectivity index (χ3v) is 5.55. The van der Waals surface area contributed by atoms with Crippen molar-refractivity contribution in [2.24, 2.45) is 10.8 Å². The molecule has 1 aromatic rings. The molecule has 0 amide bonds. The van der Waals surface area contributed by atoms with Crippen LogP contribution in [-0.2, 0) is 20.7 Å². The summed E-state index contributed by atoms with van der Waals surface area (Å²) in [6.45, 7) is 4.05. The molecule has 1 aromatic carbocycles. The van der Waals surface area contributed by atoms with Gasteiger partial charge in [-0.3, -0.25) is 9.59 Å². The van der Waals surface area contributed by atoms with E-state index in [1.165, 1.54) is 7.11 Å². The summed E-state index contributed by atoms with van der Waals surface area (Å²) in [5.74, 6) is -0.358. The van der Waals surface area contributed by atoms with Crippen molar-refractivity contribution in [1.29, 1.82) is 0 Å². The average molecular weight is 323 g/mol. The summed E-state index contributed by atoms with van der Waals surface area (Å²) >= 11 is 5.91. The SMILES string of the molecule is CCC1(CC)CCC(Cc2ccc(Cl)cc2)(C(=O)OC)C1=O. The lowest BCUT2D eigenvalue weighted by atomic mass is 9.72. The number of carbonyl (C=O) groups excluding carboxylic acids is 2. The van der Waals surface area contributed by atoms with E-state index < -0.39 is 11.4 Å². The third kappa shape index (κ3) is 2.67. The van der Waals surface area contributed by atoms with Crippen LogP contribution in [0.15, 0.2) is 24.3 Å². The van der Waals surface area contributed by atoms with Crippen LogP contribution in [0.4, 0.5) is 0 Å². The van der Waals surface area contributed by atoms with Crippen LogP contribution in [-0.4, -0.2) is 18.9 Å². The normalized spacial score (nSPS) is 23.5. The Morgan fingerprint density at radius 1 is 1.18 bits per heavy atom. The van der Waals surface area contributed by atoms with Crippen LogP contribution in [0.2, 0.25) is 5.02 Å². The minimum Gasteiger partial charge on any atom is -0.468 e. The monoisotopic (exact) mass is 322 g/mol. The van der Waals surface area contributed by atoms with Crippen LogP contribution < -0.4 is 0 Å². The molecule has 3 nitrogen and oxygen atoms in total. The lowest BCUT2D eigenvalue weighted by Crippen LogP contribution is -2.43. The van der Waals surface area contributed by atoms with Gasteiger partial charge in [0.15, 0.2) is 5.78 Å². The zero-order chi connectivity index (χ0) is 16.4. The van der Waals surface area contributed by atoms with Gasteiger partial charge in [0.05, 0.1) is 7.11 Å². The summed E-state index contributed by atoms with van der Waals surface area (Å²) in [4.78, 5) is 25.6. The van der Waals surface area contributed by atoms with E-state index in [4.69, 9.17) is 16.3 Å². The molecule has 0 aliphatic heterocycles. The molecule has 1 unspecified atom stereocenters. The summed E-state index contributed by atoms with van der Waals surface area (Å²) in [7, 11) is 1.36. The van der Waals surface area contributed by atoms with E-state index in [1.807, 2.05) is 26.0 Å². The number of carbonyl (C=O) groups is 2. The van der Waals surface area contributed by atoms with E-state index in [-0.39, 0.29) is 11.2 Å². The highest BCUT2D eigenvalue weighted by Gasteiger charge is 2.59. The largest absolute Gasteiger partial charge is 0.468 e. The first-order valence-electron chi connectivity index (χ1n) is 7.82. The molecule has 2 rings (SSSR count). The van der Waals surface area contributed by atoms with Crippen molar-refractivity contribution in [2.45, 2.75) is 46.0 Å². The predicted molar refractivity (Wildman–Crippen MR) is 86.9 cm³/mol. The number of hydrogen-bond acceptors (Lipinski definition) is 3. The molecule has 1 atom stereocenters. The fourth-order valence-corrected chi connectivity index (χ4v) is 3.82. The van der Waals surface area contributed by atoms with E-state index >= 15 is 0 Å². The summed E-state index contributed by atoms with van der Waals surface area (Å²) in [6.07, 6.45) is 3.23. The number of benzene rings is 1. The van der Waals surface area contributed by atoms with Crippen molar-refractivity contribution in [2.75, 3.05) is 7.11 Å². The standard InChI is InChI=1S/C18H23ClO3/c1-4-17(5-2)10-11-18(15(17)20,16(21)22-3)12-13-6-8-14(19)9-7-13/h6-9H,4-5,10-12H2,1-3H3. The smallest absolute Gasteiger partial charge is 0.319 e. The molecule has 120 valence electrons. The van der Waals surface area contributed by atoms with Crippen LogP contribution in [0.25, 0.3) is 0 Å². The van der Waals surface area contributed by atoms with Gasteiger partial charge in [0.1, 0.15) is 5.41 Å². The molecule has 0 bridgehead atoms. The van der Waals surface area contributed by atoms with Gasteiger partial charge in [0, 0.05) is 10.4 Å². The van der Waals surface area contributed by atoms with E-state index in [0.717, 1.165) is 24.8 Å². The lowest BCUT2D eigenvalue weighted by molar-refractivity contribution is -0.158. The molecule has 4 heteroatoms. The van der Waals surface area contributed by atoms with Crippen molar-refractivity contribution in [3.63, 3.8) is 0 Å². The van der Waals surface area contributed by atoms with Crippen molar-refractivity contribution >= 4 is 23.4 Å². The topological polar surface area (TPSA) is 43.4 Å². The molecule has 0 saturated heterocycles. The van der Waals surface area contributed by atoms with Gasteiger partial charge in [-0.05, 0) is 49.8 Å². The first kappa shape index (κ1) is 17.0. The molecular weight excluding hydrogens is 300 g/mol. The maximum atomic E-state index is 13.2. The van der Waals surface area contributed by atoms with Crippen LogP contribution in [0.5, 0.6) is 0 Å². The van der Waals surface area contributed by atoms with Crippen LogP contribution in [0.1, 0.15) is 45.1 Å². The number of methoxy groups -OCH3 is 1. The molecule has 0 spiro atoms. The van der Waals surface area contributed by atoms with Gasteiger partial charge in [-0.25, -0.2) is 0 Å². The summed E-state index contributed by atoms with van der Waals surface area (Å²) in [5, 5.41) is 0.644. The third-order valence-electron chi connectivity index (χ3n) is 5.30. The molecule has 0 radical (unpaired) electrons. The molecule has 1 saturated carbocycles. The Labute approximate surface area is 137 Å². The Morgan fingerprint density at radius 2 is 1.77 bits per heavy atom. The molecule has 0 heterocycles. The second-order valence-corrected chi connectivity index (χ2v) is 6.63. The van der Waals surface area contributed by atoms with Gasteiger partial charge in [0.2, 0.25) is 0 Å². The highest BCUT2D eigenvalue weighted by Crippen LogP contribution is 2.52. The van der Waals surface area contributed by atoms with Gasteiger partial charge in [-0.15, -0.1) is 0 Å². The van der Waals surface area contributed by atoms with Crippen LogP contribution in [0, 0.1) is 10.8 Å². The lowest BCUT2D eigenvalue weighted by Gasteiger charge is -2.29. The van der Waals surface area contributed by atoms with E-state index in [9.17, 15) is 9.59 Å². The van der Waals surface area contributed by atoms with Crippen molar-refractivity contribution in [3.8, 4) is 0 Å². The van der Waals surface area contributed by atoms with Gasteiger partial charge in [0.25, 0.3) is 0 Å².